The Hall–Kier alpha value is -2.67. The van der Waals surface area contributed by atoms with Crippen molar-refractivity contribution in [1.82, 2.24) is 4.90 Å². The van der Waals surface area contributed by atoms with Gasteiger partial charge in [0, 0.05) is 17.1 Å². The average Bonchev–Trinajstić information content (AvgIpc) is 3.18. The first kappa shape index (κ1) is 17.2. The molecule has 0 saturated carbocycles. The quantitative estimate of drug-likeness (QED) is 0.659. The lowest BCUT2D eigenvalue weighted by Gasteiger charge is -2.14. The van der Waals surface area contributed by atoms with Gasteiger partial charge in [-0.1, -0.05) is 6.07 Å². The number of hydrogen-bond acceptors (Lipinski definition) is 5. The van der Waals surface area contributed by atoms with Gasteiger partial charge < -0.3 is 14.1 Å². The molecule has 0 bridgehead atoms. The lowest BCUT2D eigenvalue weighted by Crippen LogP contribution is -2.25. The molecular weight excluding hydrogens is 345 g/mol. The molecule has 0 aliphatic rings. The number of carbonyl (C=O) groups excluding carboxylic acids is 2. The van der Waals surface area contributed by atoms with Crippen molar-refractivity contribution < 1.29 is 23.1 Å². The van der Waals surface area contributed by atoms with Crippen LogP contribution in [0.15, 0.2) is 34.7 Å². The molecule has 0 fully saturated rings. The summed E-state index contributed by atoms with van der Waals surface area (Å²) in [5.74, 6) is -0.164. The van der Waals surface area contributed by atoms with Gasteiger partial charge in [-0.2, -0.15) is 0 Å². The number of amides is 1. The van der Waals surface area contributed by atoms with Crippen LogP contribution < -0.4 is 0 Å². The van der Waals surface area contributed by atoms with E-state index in [1.807, 2.05) is 0 Å². The Kier molecular flexibility index (Phi) is 4.59. The number of carbonyl (C=O) groups is 2. The first-order valence-electron chi connectivity index (χ1n) is 7.52. The van der Waals surface area contributed by atoms with Gasteiger partial charge in [0.25, 0.3) is 5.91 Å². The Bertz CT molecular complexity index is 959. The highest BCUT2D eigenvalue weighted by Gasteiger charge is 2.20. The van der Waals surface area contributed by atoms with Gasteiger partial charge in [0.05, 0.1) is 18.5 Å². The average molecular weight is 361 g/mol. The summed E-state index contributed by atoms with van der Waals surface area (Å²) < 4.78 is 24.7. The molecule has 0 atom stereocenters. The van der Waals surface area contributed by atoms with Crippen molar-refractivity contribution in [2.24, 2.45) is 0 Å². The molecule has 1 aromatic carbocycles. The summed E-state index contributed by atoms with van der Waals surface area (Å²) in [5.41, 5.74) is 0.335. The highest BCUT2D eigenvalue weighted by Crippen LogP contribution is 2.28. The van der Waals surface area contributed by atoms with Gasteiger partial charge in [0.15, 0.2) is 0 Å². The van der Waals surface area contributed by atoms with Gasteiger partial charge in [-0.05, 0) is 31.2 Å². The summed E-state index contributed by atoms with van der Waals surface area (Å²) in [4.78, 5) is 26.1. The number of rotatable bonds is 4. The van der Waals surface area contributed by atoms with Crippen molar-refractivity contribution >= 4 is 33.3 Å². The van der Waals surface area contributed by atoms with Gasteiger partial charge in [0.1, 0.15) is 22.9 Å². The van der Waals surface area contributed by atoms with Crippen LogP contribution in [0.1, 0.15) is 31.6 Å². The molecule has 0 saturated heterocycles. The van der Waals surface area contributed by atoms with Crippen LogP contribution in [0.3, 0.4) is 0 Å². The maximum atomic E-state index is 13.8. The molecule has 0 unspecified atom stereocenters. The Morgan fingerprint density at radius 1 is 1.32 bits per heavy atom. The Labute approximate surface area is 147 Å². The predicted octanol–water partition coefficient (Wildman–Crippen LogP) is 4.00. The zero-order valence-electron chi connectivity index (χ0n) is 14.0. The third-order valence-electron chi connectivity index (χ3n) is 3.83. The molecule has 3 rings (SSSR count). The molecule has 0 aliphatic carbocycles. The fraction of sp³-hybridized carbons (Fsp3) is 0.222. The number of hydrogen-bond donors (Lipinski definition) is 0. The van der Waals surface area contributed by atoms with E-state index in [2.05, 4.69) is 4.74 Å². The number of ether oxygens (including phenoxy) is 1. The smallest absolute Gasteiger partial charge is 0.341 e. The van der Waals surface area contributed by atoms with Gasteiger partial charge in [0.2, 0.25) is 0 Å². The molecule has 0 spiro atoms. The SMILES string of the molecule is COC(=O)c1cc(CN(C)C(=O)c2cc3c(F)cccc3s2)oc1C. The zero-order valence-corrected chi connectivity index (χ0v) is 14.8. The third-order valence-corrected chi connectivity index (χ3v) is 4.92. The molecule has 130 valence electrons. The molecule has 2 heterocycles. The van der Waals surface area contributed by atoms with Crippen molar-refractivity contribution in [3.05, 3.63) is 58.1 Å². The minimum Gasteiger partial charge on any atom is -0.465 e. The summed E-state index contributed by atoms with van der Waals surface area (Å²) in [5, 5.41) is 0.436. The van der Waals surface area contributed by atoms with E-state index in [4.69, 9.17) is 4.42 Å². The fourth-order valence-electron chi connectivity index (χ4n) is 2.56. The zero-order chi connectivity index (χ0) is 18.1. The molecule has 0 N–H and O–H groups in total. The van der Waals surface area contributed by atoms with Gasteiger partial charge in [-0.25, -0.2) is 9.18 Å². The second-order valence-electron chi connectivity index (χ2n) is 5.60. The maximum Gasteiger partial charge on any atom is 0.341 e. The standard InChI is InChI=1S/C18H16FNO4S/c1-10-12(18(22)23-3)7-11(24-10)9-20(2)17(21)16-8-13-14(19)5-4-6-15(13)25-16/h4-8H,9H2,1-3H3. The molecule has 25 heavy (non-hydrogen) atoms. The number of furan rings is 1. The molecule has 5 nitrogen and oxygen atoms in total. The Balaban J connectivity index is 1.80. The van der Waals surface area contributed by atoms with E-state index in [0.717, 1.165) is 4.70 Å². The number of benzene rings is 1. The van der Waals surface area contributed by atoms with E-state index < -0.39 is 5.97 Å². The lowest BCUT2D eigenvalue weighted by atomic mass is 10.2. The highest BCUT2D eigenvalue weighted by molar-refractivity contribution is 7.20. The van der Waals surface area contributed by atoms with Crippen LogP contribution >= 0.6 is 11.3 Å². The van der Waals surface area contributed by atoms with Gasteiger partial charge in [-0.15, -0.1) is 11.3 Å². The summed E-state index contributed by atoms with van der Waals surface area (Å²) in [6, 6.07) is 7.88. The first-order chi connectivity index (χ1) is 11.9. The number of thiophene rings is 1. The van der Waals surface area contributed by atoms with Crippen molar-refractivity contribution in [3.8, 4) is 0 Å². The lowest BCUT2D eigenvalue weighted by molar-refractivity contribution is 0.0598. The van der Waals surface area contributed by atoms with E-state index in [1.165, 1.54) is 29.4 Å². The van der Waals surface area contributed by atoms with Gasteiger partial charge in [-0.3, -0.25) is 4.79 Å². The number of halogens is 1. The van der Waals surface area contributed by atoms with E-state index in [-0.39, 0.29) is 18.3 Å². The first-order valence-corrected chi connectivity index (χ1v) is 8.33. The highest BCUT2D eigenvalue weighted by atomic mass is 32.1. The normalized spacial score (nSPS) is 10.9. The minimum atomic E-state index is -0.485. The Morgan fingerprint density at radius 3 is 2.76 bits per heavy atom. The molecule has 3 aromatic rings. The maximum absolute atomic E-state index is 13.8. The number of fused-ring (bicyclic) bond motifs is 1. The third kappa shape index (κ3) is 3.28. The van der Waals surface area contributed by atoms with Crippen LogP contribution in [0.2, 0.25) is 0 Å². The number of nitrogens with zero attached hydrogens (tertiary/aromatic N) is 1. The second kappa shape index (κ2) is 6.68. The molecule has 1 amide bonds. The molecule has 0 aliphatic heterocycles. The van der Waals surface area contributed by atoms with Crippen LogP contribution in [0, 0.1) is 12.7 Å². The van der Waals surface area contributed by atoms with Crippen molar-refractivity contribution in [2.45, 2.75) is 13.5 Å². The Morgan fingerprint density at radius 2 is 2.08 bits per heavy atom. The minimum absolute atomic E-state index is 0.188. The van der Waals surface area contributed by atoms with E-state index in [1.54, 1.807) is 38.2 Å². The number of esters is 1. The van der Waals surface area contributed by atoms with Crippen LogP contribution in [0.5, 0.6) is 0 Å². The van der Waals surface area contributed by atoms with Gasteiger partial charge >= 0.3 is 5.97 Å². The summed E-state index contributed by atoms with van der Waals surface area (Å²) >= 11 is 1.24. The van der Waals surface area contributed by atoms with Crippen molar-refractivity contribution in [3.63, 3.8) is 0 Å². The molecule has 7 heteroatoms. The monoisotopic (exact) mass is 361 g/mol. The topological polar surface area (TPSA) is 59.8 Å². The molecule has 0 radical (unpaired) electrons. The van der Waals surface area contributed by atoms with E-state index >= 15 is 0 Å². The van der Waals surface area contributed by atoms with E-state index in [9.17, 15) is 14.0 Å². The summed E-state index contributed by atoms with van der Waals surface area (Å²) in [6.45, 7) is 1.85. The van der Waals surface area contributed by atoms with Crippen LogP contribution in [-0.4, -0.2) is 30.9 Å². The fourth-order valence-corrected chi connectivity index (χ4v) is 3.63. The van der Waals surface area contributed by atoms with Crippen LogP contribution in [0.4, 0.5) is 4.39 Å². The van der Waals surface area contributed by atoms with Crippen LogP contribution in [0.25, 0.3) is 10.1 Å². The largest absolute Gasteiger partial charge is 0.465 e. The van der Waals surface area contributed by atoms with E-state index in [0.29, 0.717) is 27.3 Å². The van der Waals surface area contributed by atoms with Crippen molar-refractivity contribution in [2.75, 3.05) is 14.2 Å². The summed E-state index contributed by atoms with van der Waals surface area (Å²) in [6.07, 6.45) is 0. The predicted molar refractivity (Wildman–Crippen MR) is 92.4 cm³/mol. The number of methoxy groups -OCH3 is 1. The molecular formula is C18H16FNO4S. The number of aryl methyl sites for hydroxylation is 1. The van der Waals surface area contributed by atoms with Crippen molar-refractivity contribution in [1.29, 1.82) is 0 Å². The molecule has 2 aromatic heterocycles. The second-order valence-corrected chi connectivity index (χ2v) is 6.68. The summed E-state index contributed by atoms with van der Waals surface area (Å²) in [7, 11) is 2.92. The van der Waals surface area contributed by atoms with Crippen LogP contribution in [-0.2, 0) is 11.3 Å².